The van der Waals surface area contributed by atoms with Gasteiger partial charge in [-0.3, -0.25) is 5.43 Å². The summed E-state index contributed by atoms with van der Waals surface area (Å²) < 4.78 is 0. The van der Waals surface area contributed by atoms with E-state index in [1.807, 2.05) is 30.5 Å². The number of anilines is 1. The summed E-state index contributed by atoms with van der Waals surface area (Å²) in [5, 5.41) is 5.47. The Balaban J connectivity index is 2.09. The van der Waals surface area contributed by atoms with Crippen LogP contribution in [0.4, 0.5) is 5.69 Å². The molecule has 1 N–H and O–H groups in total. The molecule has 0 aliphatic carbocycles. The van der Waals surface area contributed by atoms with E-state index < -0.39 is 0 Å². The quantitative estimate of drug-likeness (QED) is 0.429. The summed E-state index contributed by atoms with van der Waals surface area (Å²) in [6.45, 7) is 0. The van der Waals surface area contributed by atoms with Gasteiger partial charge in [0.25, 0.3) is 0 Å². The Bertz CT molecular complexity index is 604. The van der Waals surface area contributed by atoms with Crippen LogP contribution in [0.5, 0.6) is 0 Å². The minimum Gasteiger partial charge on any atom is -0.275 e. The second-order valence-corrected chi connectivity index (χ2v) is 6.02. The molecule has 0 heterocycles. The fraction of sp³-hybridized carbons (Fsp3) is 0.0714. The Morgan fingerprint density at radius 1 is 1.05 bits per heavy atom. The van der Waals surface area contributed by atoms with Crippen LogP contribution in [0.2, 0.25) is 15.1 Å². The molecule has 2 aromatic carbocycles. The number of nitrogens with one attached hydrogen (secondary N) is 1. The van der Waals surface area contributed by atoms with Gasteiger partial charge in [0.05, 0.1) is 21.9 Å². The van der Waals surface area contributed by atoms with E-state index in [4.69, 9.17) is 34.8 Å². The summed E-state index contributed by atoms with van der Waals surface area (Å²) in [4.78, 5) is 1.21. The first-order chi connectivity index (χ1) is 9.60. The number of benzene rings is 2. The SMILES string of the molecule is CSc1ccc(C=NNc2c(Cl)cc(Cl)cc2Cl)cc1. The number of thioether (sulfide) groups is 1. The summed E-state index contributed by atoms with van der Waals surface area (Å²) in [7, 11) is 0. The monoisotopic (exact) mass is 344 g/mol. The molecule has 2 nitrogen and oxygen atoms in total. The van der Waals surface area contributed by atoms with Gasteiger partial charge in [-0.25, -0.2) is 0 Å². The molecule has 0 radical (unpaired) electrons. The number of hydrogen-bond acceptors (Lipinski definition) is 3. The van der Waals surface area contributed by atoms with E-state index in [2.05, 4.69) is 10.5 Å². The molecule has 0 bridgehead atoms. The molecule has 0 amide bonds. The molecule has 0 atom stereocenters. The summed E-state index contributed by atoms with van der Waals surface area (Å²) in [6.07, 6.45) is 3.74. The van der Waals surface area contributed by atoms with Gasteiger partial charge >= 0.3 is 0 Å². The molecule has 0 saturated heterocycles. The van der Waals surface area contributed by atoms with Crippen molar-refractivity contribution in [2.75, 3.05) is 11.7 Å². The van der Waals surface area contributed by atoms with E-state index >= 15 is 0 Å². The minimum atomic E-state index is 0.428. The lowest BCUT2D eigenvalue weighted by Crippen LogP contribution is -1.92. The van der Waals surface area contributed by atoms with E-state index in [0.29, 0.717) is 20.8 Å². The predicted octanol–water partition coefficient (Wildman–Crippen LogP) is 5.81. The normalized spacial score (nSPS) is 11.0. The van der Waals surface area contributed by atoms with Crippen molar-refractivity contribution in [3.63, 3.8) is 0 Å². The number of rotatable bonds is 4. The molecule has 20 heavy (non-hydrogen) atoms. The van der Waals surface area contributed by atoms with Crippen LogP contribution in [0.1, 0.15) is 5.56 Å². The summed E-state index contributed by atoms with van der Waals surface area (Å²) in [5.41, 5.74) is 4.35. The molecule has 0 unspecified atom stereocenters. The molecule has 0 saturated carbocycles. The van der Waals surface area contributed by atoms with Gasteiger partial charge in [0.15, 0.2) is 0 Å². The average Bonchev–Trinajstić information content (AvgIpc) is 2.42. The van der Waals surface area contributed by atoms with Gasteiger partial charge in [-0.15, -0.1) is 11.8 Å². The molecular weight excluding hydrogens is 335 g/mol. The fourth-order valence-electron chi connectivity index (χ4n) is 1.51. The van der Waals surface area contributed by atoms with Gasteiger partial charge in [-0.1, -0.05) is 46.9 Å². The predicted molar refractivity (Wildman–Crippen MR) is 90.9 cm³/mol. The Kier molecular flexibility index (Phi) is 5.61. The summed E-state index contributed by atoms with van der Waals surface area (Å²) in [6, 6.07) is 11.3. The van der Waals surface area contributed by atoms with E-state index in [-0.39, 0.29) is 0 Å². The first-order valence-electron chi connectivity index (χ1n) is 5.68. The summed E-state index contributed by atoms with van der Waals surface area (Å²) >= 11 is 19.6. The lowest BCUT2D eigenvalue weighted by molar-refractivity contribution is 1.34. The van der Waals surface area contributed by atoms with Crippen LogP contribution in [0.3, 0.4) is 0 Å². The third kappa shape index (κ3) is 4.06. The second kappa shape index (κ2) is 7.23. The van der Waals surface area contributed by atoms with Crippen molar-refractivity contribution in [3.05, 3.63) is 57.0 Å². The molecule has 6 heteroatoms. The van der Waals surface area contributed by atoms with Gasteiger partial charge in [0, 0.05) is 9.92 Å². The van der Waals surface area contributed by atoms with Crippen molar-refractivity contribution in [1.29, 1.82) is 0 Å². The third-order valence-electron chi connectivity index (χ3n) is 2.51. The highest BCUT2D eigenvalue weighted by atomic mass is 35.5. The molecule has 0 fully saturated rings. The number of hydrazone groups is 1. The summed E-state index contributed by atoms with van der Waals surface area (Å²) in [5.74, 6) is 0. The Morgan fingerprint density at radius 2 is 1.65 bits per heavy atom. The molecular formula is C14H11Cl3N2S. The molecule has 2 aromatic rings. The van der Waals surface area contributed by atoms with Crippen LogP contribution in [-0.2, 0) is 0 Å². The fourth-order valence-corrected chi connectivity index (χ4v) is 2.82. The second-order valence-electron chi connectivity index (χ2n) is 3.89. The lowest BCUT2D eigenvalue weighted by atomic mass is 10.2. The van der Waals surface area contributed by atoms with Crippen molar-refractivity contribution < 1.29 is 0 Å². The van der Waals surface area contributed by atoms with E-state index in [0.717, 1.165) is 5.56 Å². The smallest absolute Gasteiger partial charge is 0.0935 e. The zero-order valence-corrected chi connectivity index (χ0v) is 13.6. The first kappa shape index (κ1) is 15.5. The van der Waals surface area contributed by atoms with E-state index in [1.54, 1.807) is 30.1 Å². The van der Waals surface area contributed by atoms with Crippen molar-refractivity contribution in [1.82, 2.24) is 0 Å². The van der Waals surface area contributed by atoms with Gasteiger partial charge in [-0.05, 0) is 36.1 Å². The van der Waals surface area contributed by atoms with E-state index in [9.17, 15) is 0 Å². The molecule has 0 aliphatic rings. The molecule has 0 aliphatic heterocycles. The van der Waals surface area contributed by atoms with Gasteiger partial charge in [-0.2, -0.15) is 5.10 Å². The van der Waals surface area contributed by atoms with Gasteiger partial charge in [0.1, 0.15) is 0 Å². The maximum atomic E-state index is 6.05. The Morgan fingerprint density at radius 3 is 2.20 bits per heavy atom. The first-order valence-corrected chi connectivity index (χ1v) is 8.03. The lowest BCUT2D eigenvalue weighted by Gasteiger charge is -2.06. The highest BCUT2D eigenvalue weighted by molar-refractivity contribution is 7.98. The van der Waals surface area contributed by atoms with Gasteiger partial charge in [0.2, 0.25) is 0 Å². The third-order valence-corrected chi connectivity index (χ3v) is 4.07. The van der Waals surface area contributed by atoms with Crippen molar-refractivity contribution in [3.8, 4) is 0 Å². The average molecular weight is 346 g/mol. The van der Waals surface area contributed by atoms with Crippen LogP contribution in [0.25, 0.3) is 0 Å². The molecule has 0 spiro atoms. The Labute approximate surface area is 137 Å². The molecule has 2 rings (SSSR count). The highest BCUT2D eigenvalue weighted by Gasteiger charge is 2.06. The maximum Gasteiger partial charge on any atom is 0.0935 e. The van der Waals surface area contributed by atoms with Crippen LogP contribution in [0.15, 0.2) is 46.4 Å². The van der Waals surface area contributed by atoms with Crippen molar-refractivity contribution in [2.45, 2.75) is 4.90 Å². The van der Waals surface area contributed by atoms with E-state index in [1.165, 1.54) is 4.90 Å². The number of halogens is 3. The van der Waals surface area contributed by atoms with Crippen molar-refractivity contribution in [2.24, 2.45) is 5.10 Å². The van der Waals surface area contributed by atoms with Crippen LogP contribution in [-0.4, -0.2) is 12.5 Å². The molecule has 104 valence electrons. The number of nitrogens with zero attached hydrogens (tertiary/aromatic N) is 1. The zero-order valence-electron chi connectivity index (χ0n) is 10.5. The standard InChI is InChI=1S/C14H11Cl3N2S/c1-20-11-4-2-9(3-5-11)8-18-19-14-12(16)6-10(15)7-13(14)17/h2-8,19H,1H3. The zero-order chi connectivity index (χ0) is 14.5. The Hall–Kier alpha value is -0.870. The van der Waals surface area contributed by atoms with Crippen LogP contribution >= 0.6 is 46.6 Å². The van der Waals surface area contributed by atoms with Crippen molar-refractivity contribution >= 4 is 58.5 Å². The topological polar surface area (TPSA) is 24.4 Å². The van der Waals surface area contributed by atoms with Gasteiger partial charge < -0.3 is 0 Å². The number of hydrogen-bond donors (Lipinski definition) is 1. The highest BCUT2D eigenvalue weighted by Crippen LogP contribution is 2.33. The largest absolute Gasteiger partial charge is 0.275 e. The van der Waals surface area contributed by atoms with Crippen LogP contribution < -0.4 is 5.43 Å². The van der Waals surface area contributed by atoms with Crippen LogP contribution in [0, 0.1) is 0 Å². The molecule has 0 aromatic heterocycles. The maximum absolute atomic E-state index is 6.05. The minimum absolute atomic E-state index is 0.428.